The van der Waals surface area contributed by atoms with Gasteiger partial charge in [0.1, 0.15) is 5.60 Å². The van der Waals surface area contributed by atoms with E-state index in [1.54, 1.807) is 27.8 Å². The Morgan fingerprint density at radius 3 is 2.53 bits per heavy atom. The van der Waals surface area contributed by atoms with Crippen LogP contribution in [0.15, 0.2) is 23.3 Å². The van der Waals surface area contributed by atoms with Gasteiger partial charge in [0.2, 0.25) is 5.95 Å². The normalized spacial score (nSPS) is 19.5. The summed E-state index contributed by atoms with van der Waals surface area (Å²) < 4.78 is 53.6. The van der Waals surface area contributed by atoms with Gasteiger partial charge in [0.25, 0.3) is 0 Å². The molecule has 9 nitrogen and oxygen atoms in total. The Morgan fingerprint density at radius 1 is 1.26 bits per heavy atom. The Morgan fingerprint density at radius 2 is 1.97 bits per heavy atom. The van der Waals surface area contributed by atoms with Crippen molar-refractivity contribution in [3.8, 4) is 11.3 Å². The third kappa shape index (κ3) is 5.45. The standard InChI is InChI=1S/C26H33F3N6O3/c1-16-15-37-11-10-35(16)22-32-19(17-14-31-21(30-5)12-18(17)26(27,28)29)13-20(33-22)25(8-7-9-25)34(6)23(36)38-24(2,3)4/h12-14,16H,5,7-11,15H2,1-4,6H3/t16-/m0/s1. The number of carbonyl (C=O) groups excluding carboxylic acids is 1. The highest BCUT2D eigenvalue weighted by Crippen LogP contribution is 2.47. The lowest BCUT2D eigenvalue weighted by Crippen LogP contribution is -2.53. The molecule has 4 rings (SSSR count). The minimum Gasteiger partial charge on any atom is -0.444 e. The van der Waals surface area contributed by atoms with Crippen LogP contribution in [0.5, 0.6) is 0 Å². The lowest BCUT2D eigenvalue weighted by atomic mass is 9.73. The number of rotatable bonds is 5. The van der Waals surface area contributed by atoms with Crippen LogP contribution in [0.4, 0.5) is 29.7 Å². The van der Waals surface area contributed by atoms with Crippen molar-refractivity contribution in [3.05, 3.63) is 29.6 Å². The summed E-state index contributed by atoms with van der Waals surface area (Å²) in [6.07, 6.45) is -2.11. The number of nitrogens with zero attached hydrogens (tertiary/aromatic N) is 6. The van der Waals surface area contributed by atoms with Crippen molar-refractivity contribution in [3.63, 3.8) is 0 Å². The summed E-state index contributed by atoms with van der Waals surface area (Å²) in [6, 6.07) is 2.29. The van der Waals surface area contributed by atoms with E-state index in [4.69, 9.17) is 14.5 Å². The molecule has 2 fully saturated rings. The van der Waals surface area contributed by atoms with Crippen LogP contribution < -0.4 is 4.90 Å². The van der Waals surface area contributed by atoms with Gasteiger partial charge in [-0.05, 0) is 65.8 Å². The van der Waals surface area contributed by atoms with Crippen molar-refractivity contribution in [2.24, 2.45) is 4.99 Å². The topological polar surface area (TPSA) is 93.0 Å². The Hall–Kier alpha value is -3.28. The number of aliphatic imine (C=N–C) groups is 1. The van der Waals surface area contributed by atoms with E-state index in [1.165, 1.54) is 11.0 Å². The molecule has 206 valence electrons. The molecule has 1 saturated carbocycles. The number of ether oxygens (including phenoxy) is 2. The van der Waals surface area contributed by atoms with Crippen molar-refractivity contribution in [2.45, 2.75) is 70.3 Å². The molecule has 0 N–H and O–H groups in total. The van der Waals surface area contributed by atoms with E-state index in [0.29, 0.717) is 38.3 Å². The zero-order valence-electron chi connectivity index (χ0n) is 22.3. The number of alkyl halides is 3. The highest BCUT2D eigenvalue weighted by molar-refractivity contribution is 5.71. The van der Waals surface area contributed by atoms with Crippen LogP contribution in [0.25, 0.3) is 11.3 Å². The van der Waals surface area contributed by atoms with E-state index in [1.807, 2.05) is 11.8 Å². The van der Waals surface area contributed by atoms with Crippen molar-refractivity contribution in [1.82, 2.24) is 19.9 Å². The largest absolute Gasteiger partial charge is 0.444 e. The third-order valence-electron chi connectivity index (χ3n) is 6.94. The van der Waals surface area contributed by atoms with Gasteiger partial charge in [-0.1, -0.05) is 0 Å². The second kappa shape index (κ2) is 10.1. The fourth-order valence-corrected chi connectivity index (χ4v) is 4.71. The van der Waals surface area contributed by atoms with Gasteiger partial charge in [0.05, 0.1) is 41.7 Å². The molecule has 1 saturated heterocycles. The maximum absolute atomic E-state index is 14.1. The van der Waals surface area contributed by atoms with E-state index in [-0.39, 0.29) is 29.1 Å². The first kappa shape index (κ1) is 27.7. The first-order chi connectivity index (χ1) is 17.7. The smallest absolute Gasteiger partial charge is 0.417 e. The van der Waals surface area contributed by atoms with Crippen LogP contribution >= 0.6 is 0 Å². The molecule has 0 spiro atoms. The van der Waals surface area contributed by atoms with Gasteiger partial charge in [0, 0.05) is 25.4 Å². The summed E-state index contributed by atoms with van der Waals surface area (Å²) >= 11 is 0. The lowest BCUT2D eigenvalue weighted by molar-refractivity contribution is -0.137. The van der Waals surface area contributed by atoms with Crippen LogP contribution in [-0.2, 0) is 21.2 Å². The summed E-state index contributed by atoms with van der Waals surface area (Å²) in [4.78, 5) is 33.5. The van der Waals surface area contributed by atoms with Gasteiger partial charge in [0.15, 0.2) is 5.82 Å². The average molecular weight is 535 g/mol. The number of pyridine rings is 1. The van der Waals surface area contributed by atoms with Crippen LogP contribution in [0.1, 0.15) is 58.2 Å². The molecule has 2 aliphatic rings. The number of morpholine rings is 1. The van der Waals surface area contributed by atoms with Gasteiger partial charge in [-0.3, -0.25) is 4.90 Å². The second-order valence-electron chi connectivity index (χ2n) is 10.7. The molecule has 3 heterocycles. The first-order valence-electron chi connectivity index (χ1n) is 12.5. The van der Waals surface area contributed by atoms with Gasteiger partial charge in [-0.15, -0.1) is 0 Å². The number of anilines is 1. The molecule has 0 unspecified atom stereocenters. The van der Waals surface area contributed by atoms with Gasteiger partial charge in [-0.25, -0.2) is 24.7 Å². The van der Waals surface area contributed by atoms with Crippen LogP contribution in [0, 0.1) is 0 Å². The van der Waals surface area contributed by atoms with Crippen molar-refractivity contribution < 1.29 is 27.4 Å². The van der Waals surface area contributed by atoms with Crippen LogP contribution in [0.2, 0.25) is 0 Å². The first-order valence-corrected chi connectivity index (χ1v) is 12.5. The van der Waals surface area contributed by atoms with Crippen molar-refractivity contribution >= 4 is 24.6 Å². The molecule has 0 aromatic carbocycles. The number of hydrogen-bond donors (Lipinski definition) is 0. The molecule has 1 atom stereocenters. The zero-order chi connectivity index (χ0) is 27.9. The number of aromatic nitrogens is 3. The van der Waals surface area contributed by atoms with E-state index in [9.17, 15) is 18.0 Å². The lowest BCUT2D eigenvalue weighted by Gasteiger charge is -2.48. The molecular formula is C26H33F3N6O3. The summed E-state index contributed by atoms with van der Waals surface area (Å²) in [5.74, 6) is 0.133. The molecule has 1 aliphatic heterocycles. The number of amides is 1. The molecule has 1 amide bonds. The molecular weight excluding hydrogens is 501 g/mol. The third-order valence-corrected chi connectivity index (χ3v) is 6.94. The molecule has 0 bridgehead atoms. The summed E-state index contributed by atoms with van der Waals surface area (Å²) in [7, 11) is 1.64. The number of hydrogen-bond acceptors (Lipinski definition) is 8. The minimum atomic E-state index is -4.68. The fourth-order valence-electron chi connectivity index (χ4n) is 4.71. The fraction of sp³-hybridized carbons (Fsp3) is 0.577. The Kier molecular flexibility index (Phi) is 7.39. The quantitative estimate of drug-likeness (QED) is 0.477. The zero-order valence-corrected chi connectivity index (χ0v) is 22.3. The SMILES string of the molecule is C=Nc1cc(C(F)(F)F)c(-c2cc(C3(N(C)C(=O)OC(C)(C)C)CCC3)nc(N3CCOC[C@@H]3C)n2)cn1. The minimum absolute atomic E-state index is 0.0583. The molecule has 12 heteroatoms. The highest BCUT2D eigenvalue weighted by Gasteiger charge is 2.48. The van der Waals surface area contributed by atoms with Crippen molar-refractivity contribution in [1.29, 1.82) is 0 Å². The second-order valence-corrected chi connectivity index (χ2v) is 10.7. The Labute approximate surface area is 220 Å². The predicted molar refractivity (Wildman–Crippen MR) is 137 cm³/mol. The van der Waals surface area contributed by atoms with E-state index < -0.39 is 29.0 Å². The van der Waals surface area contributed by atoms with Crippen LogP contribution in [-0.4, -0.2) is 71.1 Å². The van der Waals surface area contributed by atoms with Gasteiger partial charge < -0.3 is 14.4 Å². The summed E-state index contributed by atoms with van der Waals surface area (Å²) in [6.45, 7) is 11.9. The Balaban J connectivity index is 1.89. The summed E-state index contributed by atoms with van der Waals surface area (Å²) in [5.41, 5.74) is -2.18. The predicted octanol–water partition coefficient (Wildman–Crippen LogP) is 5.36. The number of halogens is 3. The van der Waals surface area contributed by atoms with Crippen LogP contribution in [0.3, 0.4) is 0 Å². The molecule has 38 heavy (non-hydrogen) atoms. The van der Waals surface area contributed by atoms with Gasteiger partial charge in [-0.2, -0.15) is 13.2 Å². The molecule has 2 aromatic rings. The van der Waals surface area contributed by atoms with E-state index in [2.05, 4.69) is 21.7 Å². The molecule has 1 aliphatic carbocycles. The summed E-state index contributed by atoms with van der Waals surface area (Å²) in [5, 5.41) is 0. The van der Waals surface area contributed by atoms with E-state index >= 15 is 0 Å². The average Bonchev–Trinajstić information content (AvgIpc) is 2.81. The Bertz CT molecular complexity index is 1210. The highest BCUT2D eigenvalue weighted by atomic mass is 19.4. The van der Waals surface area contributed by atoms with Crippen molar-refractivity contribution in [2.75, 3.05) is 31.7 Å². The molecule has 0 radical (unpaired) electrons. The number of carbonyl (C=O) groups is 1. The van der Waals surface area contributed by atoms with E-state index in [0.717, 1.165) is 18.7 Å². The molecule has 2 aromatic heterocycles. The monoisotopic (exact) mass is 534 g/mol. The maximum atomic E-state index is 14.1. The van der Waals surface area contributed by atoms with Gasteiger partial charge >= 0.3 is 12.3 Å². The maximum Gasteiger partial charge on any atom is 0.417 e.